The molecule has 1 aliphatic heterocycles. The molecular weight excluding hydrogens is 398 g/mol. The van der Waals surface area contributed by atoms with Gasteiger partial charge in [-0.3, -0.25) is 20.2 Å². The normalized spacial score (nSPS) is 15.0. The molecule has 0 atom stereocenters. The van der Waals surface area contributed by atoms with Crippen LogP contribution in [0.5, 0.6) is 11.5 Å². The average molecular weight is 420 g/mol. The molecule has 1 aromatic carbocycles. The maximum Gasteiger partial charge on any atom is 0.328 e. The summed E-state index contributed by atoms with van der Waals surface area (Å²) >= 11 is 0. The SMILES string of the molecule is COc1ccc(CC2(CCc3cccc[nH+]3)C(=O)NC(=O)NC2=O)cc1OC.[Cl-]. The van der Waals surface area contributed by atoms with Crippen molar-refractivity contribution < 1.29 is 41.2 Å². The Hall–Kier alpha value is -3.13. The Morgan fingerprint density at radius 1 is 0.966 bits per heavy atom. The van der Waals surface area contributed by atoms with E-state index in [1.807, 2.05) is 18.2 Å². The lowest BCUT2D eigenvalue weighted by Gasteiger charge is -2.33. The molecule has 1 saturated heterocycles. The number of hydrogen-bond donors (Lipinski definition) is 2. The number of carbonyl (C=O) groups excluding carboxylic acids is 3. The summed E-state index contributed by atoms with van der Waals surface area (Å²) in [5.41, 5.74) is 0.179. The van der Waals surface area contributed by atoms with E-state index >= 15 is 0 Å². The number of urea groups is 1. The fourth-order valence-corrected chi connectivity index (χ4v) is 3.33. The molecule has 3 rings (SSSR count). The molecule has 1 fully saturated rings. The van der Waals surface area contributed by atoms with Crippen LogP contribution in [-0.2, 0) is 22.4 Å². The third-order valence-corrected chi connectivity index (χ3v) is 4.87. The number of ether oxygens (including phenoxy) is 2. The van der Waals surface area contributed by atoms with Crippen LogP contribution in [0, 0.1) is 5.41 Å². The topological polar surface area (TPSA) is 108 Å². The first-order valence-electron chi connectivity index (χ1n) is 8.82. The summed E-state index contributed by atoms with van der Waals surface area (Å²) in [6.07, 6.45) is 2.59. The molecule has 9 heteroatoms. The fourth-order valence-electron chi connectivity index (χ4n) is 3.33. The van der Waals surface area contributed by atoms with Gasteiger partial charge in [-0.2, -0.15) is 0 Å². The maximum absolute atomic E-state index is 12.8. The maximum atomic E-state index is 12.8. The van der Waals surface area contributed by atoms with Crippen LogP contribution in [0.1, 0.15) is 17.7 Å². The van der Waals surface area contributed by atoms with Gasteiger partial charge in [0.1, 0.15) is 5.41 Å². The number of aryl methyl sites for hydroxylation is 1. The average Bonchev–Trinajstić information content (AvgIpc) is 2.70. The number of imide groups is 2. The van der Waals surface area contributed by atoms with E-state index in [4.69, 9.17) is 9.47 Å². The highest BCUT2D eigenvalue weighted by molar-refractivity contribution is 6.19. The van der Waals surface area contributed by atoms with E-state index in [-0.39, 0.29) is 25.2 Å². The highest BCUT2D eigenvalue weighted by Gasteiger charge is 2.50. The van der Waals surface area contributed by atoms with E-state index in [0.29, 0.717) is 23.5 Å². The van der Waals surface area contributed by atoms with Gasteiger partial charge in [0.05, 0.1) is 14.2 Å². The highest BCUT2D eigenvalue weighted by Crippen LogP contribution is 2.35. The van der Waals surface area contributed by atoms with Gasteiger partial charge in [-0.1, -0.05) is 12.1 Å². The Labute approximate surface area is 174 Å². The van der Waals surface area contributed by atoms with Crippen LogP contribution in [0.3, 0.4) is 0 Å². The second kappa shape index (κ2) is 9.38. The van der Waals surface area contributed by atoms with E-state index in [1.165, 1.54) is 14.2 Å². The molecule has 2 heterocycles. The van der Waals surface area contributed by atoms with Crippen LogP contribution in [0.15, 0.2) is 42.6 Å². The van der Waals surface area contributed by atoms with E-state index in [2.05, 4.69) is 15.6 Å². The Bertz CT molecular complexity index is 884. The molecule has 1 aliphatic rings. The second-order valence-electron chi connectivity index (χ2n) is 6.57. The number of barbiturate groups is 1. The number of benzene rings is 1. The molecular formula is C20H22ClN3O5. The third-order valence-electron chi connectivity index (χ3n) is 4.87. The molecule has 1 aromatic heterocycles. The summed E-state index contributed by atoms with van der Waals surface area (Å²) < 4.78 is 10.5. The summed E-state index contributed by atoms with van der Waals surface area (Å²) in [7, 11) is 3.05. The Morgan fingerprint density at radius 2 is 1.66 bits per heavy atom. The minimum atomic E-state index is -1.42. The number of pyridine rings is 1. The number of hydrogen-bond acceptors (Lipinski definition) is 5. The van der Waals surface area contributed by atoms with Crippen molar-refractivity contribution in [1.82, 2.24) is 10.6 Å². The number of methoxy groups -OCH3 is 2. The van der Waals surface area contributed by atoms with Gasteiger partial charge >= 0.3 is 6.03 Å². The van der Waals surface area contributed by atoms with Gasteiger partial charge in [-0.15, -0.1) is 0 Å². The van der Waals surface area contributed by atoms with Crippen molar-refractivity contribution >= 4 is 17.8 Å². The zero-order valence-corrected chi connectivity index (χ0v) is 16.8. The minimum absolute atomic E-state index is 0. The van der Waals surface area contributed by atoms with Crippen LogP contribution in [0.25, 0.3) is 0 Å². The van der Waals surface area contributed by atoms with Crippen molar-refractivity contribution in [2.24, 2.45) is 5.41 Å². The quantitative estimate of drug-likeness (QED) is 0.507. The third kappa shape index (κ3) is 4.65. The van der Waals surface area contributed by atoms with E-state index in [9.17, 15) is 14.4 Å². The van der Waals surface area contributed by atoms with Gasteiger partial charge in [0, 0.05) is 18.6 Å². The van der Waals surface area contributed by atoms with Gasteiger partial charge in [0.25, 0.3) is 0 Å². The van der Waals surface area contributed by atoms with Gasteiger partial charge in [-0.05, 0) is 30.5 Å². The van der Waals surface area contributed by atoms with Crippen molar-refractivity contribution in [3.8, 4) is 11.5 Å². The van der Waals surface area contributed by atoms with E-state index < -0.39 is 23.3 Å². The molecule has 29 heavy (non-hydrogen) atoms. The predicted octanol–water partition coefficient (Wildman–Crippen LogP) is -1.95. The summed E-state index contributed by atoms with van der Waals surface area (Å²) in [4.78, 5) is 40.2. The lowest BCUT2D eigenvalue weighted by molar-refractivity contribution is -0.390. The number of rotatable bonds is 7. The number of aromatic amines is 1. The van der Waals surface area contributed by atoms with Crippen molar-refractivity contribution in [3.63, 3.8) is 0 Å². The zero-order valence-electron chi connectivity index (χ0n) is 16.1. The highest BCUT2D eigenvalue weighted by atomic mass is 35.5. The Morgan fingerprint density at radius 3 is 2.24 bits per heavy atom. The second-order valence-corrected chi connectivity index (χ2v) is 6.57. The number of aromatic nitrogens is 1. The molecule has 0 radical (unpaired) electrons. The van der Waals surface area contributed by atoms with E-state index in [1.54, 1.807) is 24.4 Å². The first-order chi connectivity index (χ1) is 13.5. The Balaban J connectivity index is 0.00000300. The molecule has 0 spiro atoms. The fraction of sp³-hybridized carbons (Fsp3) is 0.300. The van der Waals surface area contributed by atoms with Crippen LogP contribution >= 0.6 is 0 Å². The largest absolute Gasteiger partial charge is 1.00 e. The van der Waals surface area contributed by atoms with Gasteiger partial charge in [0.15, 0.2) is 23.4 Å². The Kier molecular flexibility index (Phi) is 7.17. The number of halogens is 1. The molecule has 154 valence electrons. The summed E-state index contributed by atoms with van der Waals surface area (Å²) in [5, 5.41) is 4.46. The van der Waals surface area contributed by atoms with Gasteiger partial charge in [-0.25, -0.2) is 9.78 Å². The summed E-state index contributed by atoms with van der Waals surface area (Å²) in [6.45, 7) is 0. The first kappa shape index (κ1) is 22.2. The minimum Gasteiger partial charge on any atom is -1.00 e. The molecule has 0 saturated carbocycles. The molecule has 3 N–H and O–H groups in total. The molecule has 4 amide bonds. The molecule has 8 nitrogen and oxygen atoms in total. The van der Waals surface area contributed by atoms with Crippen LogP contribution < -0.4 is 37.5 Å². The molecule has 0 bridgehead atoms. The van der Waals surface area contributed by atoms with Gasteiger partial charge < -0.3 is 21.9 Å². The smallest absolute Gasteiger partial charge is 0.328 e. The van der Waals surface area contributed by atoms with Crippen molar-refractivity contribution in [3.05, 3.63) is 53.9 Å². The lowest BCUT2D eigenvalue weighted by Crippen LogP contribution is -3.00. The predicted molar refractivity (Wildman–Crippen MR) is 98.7 cm³/mol. The lowest BCUT2D eigenvalue weighted by atomic mass is 9.74. The standard InChI is InChI=1S/C20H21N3O5.ClH/c1-27-15-7-6-13(11-16(15)28-2)12-20(9-8-14-5-3-4-10-21-14)17(24)22-19(26)23-18(20)25;/h3-7,10-11H,8-9,12H2,1-2H3,(H2,22,23,24,25,26);1H. The monoisotopic (exact) mass is 419 g/mol. The summed E-state index contributed by atoms with van der Waals surface area (Å²) in [5.74, 6) is -0.162. The van der Waals surface area contributed by atoms with Crippen molar-refractivity contribution in [2.75, 3.05) is 14.2 Å². The molecule has 0 aliphatic carbocycles. The van der Waals surface area contributed by atoms with Gasteiger partial charge in [0.2, 0.25) is 11.8 Å². The number of carbonyl (C=O) groups is 3. The molecule has 0 unspecified atom stereocenters. The van der Waals surface area contributed by atoms with Crippen LogP contribution in [0.2, 0.25) is 0 Å². The molecule has 2 aromatic rings. The number of amides is 4. The number of H-pyrrole nitrogens is 1. The van der Waals surface area contributed by atoms with Crippen molar-refractivity contribution in [2.45, 2.75) is 19.3 Å². The summed E-state index contributed by atoms with van der Waals surface area (Å²) in [6, 6.07) is 10.0. The van der Waals surface area contributed by atoms with E-state index in [0.717, 1.165) is 5.69 Å². The first-order valence-corrected chi connectivity index (χ1v) is 8.82. The van der Waals surface area contributed by atoms with Crippen molar-refractivity contribution in [1.29, 1.82) is 0 Å². The zero-order chi connectivity index (χ0) is 20.1. The van der Waals surface area contributed by atoms with Crippen LogP contribution in [-0.4, -0.2) is 32.1 Å². The number of nitrogens with one attached hydrogen (secondary N) is 3. The van der Waals surface area contributed by atoms with Crippen LogP contribution in [0.4, 0.5) is 4.79 Å².